The van der Waals surface area contributed by atoms with E-state index in [2.05, 4.69) is 28.5 Å². The number of amides is 1. The minimum atomic E-state index is 0.0118. The molecule has 1 aromatic carbocycles. The van der Waals surface area contributed by atoms with Crippen LogP contribution in [0.3, 0.4) is 0 Å². The molecule has 0 spiro atoms. The number of nitrogens with zero attached hydrogens (tertiary/aromatic N) is 3. The molecule has 1 amide bonds. The summed E-state index contributed by atoms with van der Waals surface area (Å²) in [5.74, 6) is 0.958. The second-order valence-electron chi connectivity index (χ2n) is 6.17. The highest BCUT2D eigenvalue weighted by molar-refractivity contribution is 6.30. The quantitative estimate of drug-likeness (QED) is 0.925. The summed E-state index contributed by atoms with van der Waals surface area (Å²) in [5.41, 5.74) is 3.04. The van der Waals surface area contributed by atoms with E-state index in [1.54, 1.807) is 13.1 Å². The predicted molar refractivity (Wildman–Crippen MR) is 95.6 cm³/mol. The van der Waals surface area contributed by atoms with Crippen LogP contribution < -0.4 is 5.32 Å². The maximum absolute atomic E-state index is 12.8. The van der Waals surface area contributed by atoms with Gasteiger partial charge in [0.25, 0.3) is 5.91 Å². The van der Waals surface area contributed by atoms with Crippen LogP contribution >= 0.6 is 11.6 Å². The molecule has 2 aromatic rings. The van der Waals surface area contributed by atoms with Gasteiger partial charge in [-0.1, -0.05) is 17.7 Å². The van der Waals surface area contributed by atoms with Crippen LogP contribution in [0.1, 0.15) is 40.2 Å². The molecule has 2 heterocycles. The number of rotatable bonds is 3. The molecular weight excluding hydrogens is 324 g/mol. The van der Waals surface area contributed by atoms with E-state index in [0.717, 1.165) is 31.0 Å². The number of nitrogens with one attached hydrogen (secondary N) is 1. The number of hydrogen-bond donors (Lipinski definition) is 1. The predicted octanol–water partition coefficient (Wildman–Crippen LogP) is 3.50. The molecule has 1 aliphatic rings. The molecule has 5 nitrogen and oxygen atoms in total. The van der Waals surface area contributed by atoms with Gasteiger partial charge in [-0.05, 0) is 49.1 Å². The fourth-order valence-electron chi connectivity index (χ4n) is 3.30. The number of likely N-dealkylation sites (tertiary alicyclic amines) is 1. The summed E-state index contributed by atoms with van der Waals surface area (Å²) in [4.78, 5) is 14.7. The summed E-state index contributed by atoms with van der Waals surface area (Å²) in [6.45, 7) is 3.58. The number of hydrogen-bond acceptors (Lipinski definition) is 4. The van der Waals surface area contributed by atoms with Crippen molar-refractivity contribution >= 4 is 23.3 Å². The van der Waals surface area contributed by atoms with E-state index in [1.165, 1.54) is 17.3 Å². The average Bonchev–Trinajstić information content (AvgIpc) is 2.61. The fourth-order valence-corrected chi connectivity index (χ4v) is 3.53. The van der Waals surface area contributed by atoms with Crippen LogP contribution in [0.5, 0.6) is 0 Å². The van der Waals surface area contributed by atoms with Crippen LogP contribution in [0.4, 0.5) is 5.82 Å². The number of anilines is 1. The van der Waals surface area contributed by atoms with Crippen molar-refractivity contribution in [2.75, 3.05) is 25.5 Å². The number of carbonyl (C=O) groups excluding carboxylic acids is 1. The number of halogens is 1. The first kappa shape index (κ1) is 16.7. The number of carbonyl (C=O) groups is 1. The zero-order valence-electron chi connectivity index (χ0n) is 13.9. The van der Waals surface area contributed by atoms with E-state index in [9.17, 15) is 4.79 Å². The minimum Gasteiger partial charge on any atom is -0.372 e. The number of benzene rings is 1. The lowest BCUT2D eigenvalue weighted by atomic mass is 9.88. The van der Waals surface area contributed by atoms with Gasteiger partial charge in [0.1, 0.15) is 5.82 Å². The van der Waals surface area contributed by atoms with Crippen LogP contribution in [0.2, 0.25) is 5.02 Å². The Balaban J connectivity index is 1.78. The van der Waals surface area contributed by atoms with Gasteiger partial charge in [-0.2, -0.15) is 5.10 Å². The first-order chi connectivity index (χ1) is 11.6. The van der Waals surface area contributed by atoms with Crippen LogP contribution in [0.25, 0.3) is 0 Å². The molecule has 0 radical (unpaired) electrons. The Hall–Kier alpha value is -2.14. The Morgan fingerprint density at radius 1 is 1.38 bits per heavy atom. The van der Waals surface area contributed by atoms with E-state index >= 15 is 0 Å². The summed E-state index contributed by atoms with van der Waals surface area (Å²) < 4.78 is 0. The highest BCUT2D eigenvalue weighted by Gasteiger charge is 2.26. The van der Waals surface area contributed by atoms with Crippen molar-refractivity contribution in [2.24, 2.45) is 0 Å². The van der Waals surface area contributed by atoms with E-state index < -0.39 is 0 Å². The lowest BCUT2D eigenvalue weighted by Gasteiger charge is -2.33. The molecule has 126 valence electrons. The van der Waals surface area contributed by atoms with Crippen molar-refractivity contribution in [3.63, 3.8) is 0 Å². The van der Waals surface area contributed by atoms with Gasteiger partial charge in [-0.25, -0.2) is 0 Å². The Bertz CT molecular complexity index is 750. The van der Waals surface area contributed by atoms with Gasteiger partial charge in [0.15, 0.2) is 0 Å². The van der Waals surface area contributed by atoms with Crippen molar-refractivity contribution in [1.82, 2.24) is 15.1 Å². The van der Waals surface area contributed by atoms with Crippen molar-refractivity contribution in [3.8, 4) is 0 Å². The van der Waals surface area contributed by atoms with Gasteiger partial charge >= 0.3 is 0 Å². The zero-order chi connectivity index (χ0) is 17.1. The molecule has 3 rings (SSSR count). The molecule has 6 heteroatoms. The van der Waals surface area contributed by atoms with Gasteiger partial charge in [0.05, 0.1) is 11.8 Å². The van der Waals surface area contributed by atoms with Crippen molar-refractivity contribution in [3.05, 3.63) is 52.2 Å². The summed E-state index contributed by atoms with van der Waals surface area (Å²) >= 11 is 6.06. The van der Waals surface area contributed by atoms with Crippen molar-refractivity contribution in [1.29, 1.82) is 0 Å². The molecule has 0 saturated carbocycles. The molecule has 1 N–H and O–H groups in total. The number of aryl methyl sites for hydroxylation is 1. The summed E-state index contributed by atoms with van der Waals surface area (Å²) in [5, 5.41) is 11.5. The van der Waals surface area contributed by atoms with E-state index in [0.29, 0.717) is 17.3 Å². The van der Waals surface area contributed by atoms with Gasteiger partial charge < -0.3 is 10.2 Å². The smallest absolute Gasteiger partial charge is 0.255 e. The topological polar surface area (TPSA) is 58.1 Å². The lowest BCUT2D eigenvalue weighted by Crippen LogP contribution is -2.39. The van der Waals surface area contributed by atoms with E-state index in [-0.39, 0.29) is 5.91 Å². The molecule has 1 aromatic heterocycles. The second kappa shape index (κ2) is 7.18. The van der Waals surface area contributed by atoms with Gasteiger partial charge in [0, 0.05) is 31.1 Å². The monoisotopic (exact) mass is 344 g/mol. The van der Waals surface area contributed by atoms with Crippen LogP contribution in [-0.4, -0.2) is 41.1 Å². The van der Waals surface area contributed by atoms with E-state index in [4.69, 9.17) is 11.6 Å². The summed E-state index contributed by atoms with van der Waals surface area (Å²) in [6.07, 6.45) is 3.61. The molecule has 1 unspecified atom stereocenters. The largest absolute Gasteiger partial charge is 0.372 e. The third kappa shape index (κ3) is 3.51. The van der Waals surface area contributed by atoms with Gasteiger partial charge in [-0.15, -0.1) is 5.10 Å². The summed E-state index contributed by atoms with van der Waals surface area (Å²) in [6, 6.07) is 7.75. The molecule has 24 heavy (non-hydrogen) atoms. The van der Waals surface area contributed by atoms with Crippen LogP contribution in [0.15, 0.2) is 30.5 Å². The average molecular weight is 345 g/mol. The molecule has 0 aliphatic carbocycles. The van der Waals surface area contributed by atoms with Gasteiger partial charge in [-0.3, -0.25) is 4.79 Å². The Labute approximate surface area is 147 Å². The Kier molecular flexibility index (Phi) is 5.00. The SMILES string of the molecule is CNc1cc(C(=O)N2CCCC(c3ccc(Cl)cc3C)C2)cnn1. The lowest BCUT2D eigenvalue weighted by molar-refractivity contribution is 0.0706. The summed E-state index contributed by atoms with van der Waals surface area (Å²) in [7, 11) is 1.76. The normalized spacial score (nSPS) is 17.6. The molecule has 1 fully saturated rings. The highest BCUT2D eigenvalue weighted by Crippen LogP contribution is 2.31. The molecule has 1 aliphatic heterocycles. The number of aromatic nitrogens is 2. The zero-order valence-corrected chi connectivity index (χ0v) is 14.7. The maximum Gasteiger partial charge on any atom is 0.255 e. The third-order valence-electron chi connectivity index (χ3n) is 4.54. The molecule has 1 atom stereocenters. The first-order valence-electron chi connectivity index (χ1n) is 8.14. The fraction of sp³-hybridized carbons (Fsp3) is 0.389. The standard InChI is InChI=1S/C18H21ClN4O/c1-12-8-15(19)5-6-16(12)13-4-3-7-23(11-13)18(24)14-9-17(20-2)22-21-10-14/h5-6,8-10,13H,3-4,7,11H2,1-2H3,(H,20,22). The van der Waals surface area contributed by atoms with Crippen LogP contribution in [0, 0.1) is 6.92 Å². The van der Waals surface area contributed by atoms with Crippen molar-refractivity contribution < 1.29 is 4.79 Å². The van der Waals surface area contributed by atoms with E-state index in [1.807, 2.05) is 17.0 Å². The molecule has 0 bridgehead atoms. The molecule has 1 saturated heterocycles. The second-order valence-corrected chi connectivity index (χ2v) is 6.61. The van der Waals surface area contributed by atoms with Gasteiger partial charge in [0.2, 0.25) is 0 Å². The first-order valence-corrected chi connectivity index (χ1v) is 8.52. The van der Waals surface area contributed by atoms with Crippen molar-refractivity contribution in [2.45, 2.75) is 25.7 Å². The highest BCUT2D eigenvalue weighted by atomic mass is 35.5. The molecular formula is C18H21ClN4O. The Morgan fingerprint density at radius 2 is 2.21 bits per heavy atom. The van der Waals surface area contributed by atoms with Crippen LogP contribution in [-0.2, 0) is 0 Å². The Morgan fingerprint density at radius 3 is 2.96 bits per heavy atom. The minimum absolute atomic E-state index is 0.0118. The number of piperidine rings is 1. The maximum atomic E-state index is 12.8. The third-order valence-corrected chi connectivity index (χ3v) is 4.77.